The zero-order chi connectivity index (χ0) is 13.7. The number of likely N-dealkylation sites (tertiary alicyclic amines) is 1. The van der Waals surface area contributed by atoms with Crippen molar-refractivity contribution >= 4 is 11.9 Å². The Labute approximate surface area is 112 Å². The van der Waals surface area contributed by atoms with Crippen LogP contribution in [0.4, 0.5) is 0 Å². The number of carbonyl (C=O) groups is 2. The van der Waals surface area contributed by atoms with Gasteiger partial charge in [-0.25, -0.2) is 0 Å². The summed E-state index contributed by atoms with van der Waals surface area (Å²) < 4.78 is 0. The lowest BCUT2D eigenvalue weighted by Gasteiger charge is -2.36. The molecule has 0 aliphatic carbocycles. The van der Waals surface area contributed by atoms with E-state index >= 15 is 0 Å². The van der Waals surface area contributed by atoms with Crippen molar-refractivity contribution in [3.63, 3.8) is 0 Å². The molecule has 2 heterocycles. The van der Waals surface area contributed by atoms with Crippen LogP contribution in [0.1, 0.15) is 43.7 Å². The Bertz CT molecular complexity index is 447. The first-order valence-corrected chi connectivity index (χ1v) is 6.59. The summed E-state index contributed by atoms with van der Waals surface area (Å²) in [5.41, 5.74) is 1.03. The van der Waals surface area contributed by atoms with Gasteiger partial charge < -0.3 is 10.0 Å². The highest BCUT2D eigenvalue weighted by Crippen LogP contribution is 2.30. The standard InChI is InChI=1S/C14H18N2O3/c17-13(6-7-14(18)19)16-9-2-1-5-12(16)11-4-3-8-15-10-11/h3-4,8,10,12H,1-2,5-7,9H2,(H,18,19). The van der Waals surface area contributed by atoms with Crippen molar-refractivity contribution in [3.8, 4) is 0 Å². The van der Waals surface area contributed by atoms with E-state index in [4.69, 9.17) is 5.11 Å². The molecule has 0 spiro atoms. The monoisotopic (exact) mass is 262 g/mol. The first-order chi connectivity index (χ1) is 9.18. The smallest absolute Gasteiger partial charge is 0.303 e. The van der Waals surface area contributed by atoms with Gasteiger partial charge in [0.25, 0.3) is 0 Å². The summed E-state index contributed by atoms with van der Waals surface area (Å²) in [6, 6.07) is 3.88. The number of hydrogen-bond acceptors (Lipinski definition) is 3. The number of piperidine rings is 1. The van der Waals surface area contributed by atoms with Gasteiger partial charge in [-0.1, -0.05) is 6.07 Å². The summed E-state index contributed by atoms with van der Waals surface area (Å²) in [6.45, 7) is 0.706. The Morgan fingerprint density at radius 2 is 2.21 bits per heavy atom. The van der Waals surface area contributed by atoms with E-state index in [2.05, 4.69) is 4.98 Å². The molecule has 102 valence electrons. The molecule has 1 unspecified atom stereocenters. The Hall–Kier alpha value is -1.91. The maximum Gasteiger partial charge on any atom is 0.303 e. The fraction of sp³-hybridized carbons (Fsp3) is 0.500. The van der Waals surface area contributed by atoms with Gasteiger partial charge in [-0.15, -0.1) is 0 Å². The second-order valence-corrected chi connectivity index (χ2v) is 4.78. The van der Waals surface area contributed by atoms with E-state index in [9.17, 15) is 9.59 Å². The van der Waals surface area contributed by atoms with E-state index < -0.39 is 5.97 Å². The first-order valence-electron chi connectivity index (χ1n) is 6.59. The lowest BCUT2D eigenvalue weighted by molar-refractivity contribution is -0.142. The van der Waals surface area contributed by atoms with Crippen molar-refractivity contribution < 1.29 is 14.7 Å². The average Bonchev–Trinajstić information content (AvgIpc) is 2.45. The second kappa shape index (κ2) is 6.31. The van der Waals surface area contributed by atoms with Crippen LogP contribution in [0.25, 0.3) is 0 Å². The molecule has 0 bridgehead atoms. The highest BCUT2D eigenvalue weighted by atomic mass is 16.4. The Morgan fingerprint density at radius 3 is 2.89 bits per heavy atom. The zero-order valence-electron chi connectivity index (χ0n) is 10.8. The lowest BCUT2D eigenvalue weighted by atomic mass is 9.96. The fourth-order valence-corrected chi connectivity index (χ4v) is 2.51. The molecule has 1 fully saturated rings. The summed E-state index contributed by atoms with van der Waals surface area (Å²) in [6.07, 6.45) is 6.46. The maximum absolute atomic E-state index is 12.1. The largest absolute Gasteiger partial charge is 0.481 e. The molecule has 0 radical (unpaired) electrons. The molecule has 19 heavy (non-hydrogen) atoms. The highest BCUT2D eigenvalue weighted by molar-refractivity contribution is 5.81. The van der Waals surface area contributed by atoms with Crippen LogP contribution in [-0.2, 0) is 9.59 Å². The Morgan fingerprint density at radius 1 is 1.37 bits per heavy atom. The van der Waals surface area contributed by atoms with Crippen molar-refractivity contribution in [3.05, 3.63) is 30.1 Å². The van der Waals surface area contributed by atoms with Crippen molar-refractivity contribution in [2.45, 2.75) is 38.1 Å². The molecule has 1 aliphatic rings. The van der Waals surface area contributed by atoms with Gasteiger partial charge >= 0.3 is 5.97 Å². The molecule has 2 rings (SSSR count). The molecule has 1 amide bonds. The number of pyridine rings is 1. The number of carboxylic acid groups (broad SMARTS) is 1. The van der Waals surface area contributed by atoms with Crippen molar-refractivity contribution in [2.24, 2.45) is 0 Å². The van der Waals surface area contributed by atoms with Gasteiger partial charge in [-0.05, 0) is 30.9 Å². The number of aliphatic carboxylic acids is 1. The molecule has 1 aromatic rings. The third-order valence-electron chi connectivity index (χ3n) is 3.45. The summed E-state index contributed by atoms with van der Waals surface area (Å²) >= 11 is 0. The fourth-order valence-electron chi connectivity index (χ4n) is 2.51. The zero-order valence-corrected chi connectivity index (χ0v) is 10.8. The van der Waals surface area contributed by atoms with Crippen LogP contribution in [0.2, 0.25) is 0 Å². The van der Waals surface area contributed by atoms with Crippen molar-refractivity contribution in [2.75, 3.05) is 6.54 Å². The molecule has 0 aromatic carbocycles. The molecule has 1 aromatic heterocycles. The summed E-state index contributed by atoms with van der Waals surface area (Å²) in [4.78, 5) is 28.6. The average molecular weight is 262 g/mol. The van der Waals surface area contributed by atoms with Crippen LogP contribution in [0, 0.1) is 0 Å². The normalized spacial score (nSPS) is 19.2. The predicted octanol–water partition coefficient (Wildman–Crippen LogP) is 2.00. The second-order valence-electron chi connectivity index (χ2n) is 4.78. The van der Waals surface area contributed by atoms with E-state index in [1.807, 2.05) is 17.0 Å². The van der Waals surface area contributed by atoms with Crippen LogP contribution in [0.15, 0.2) is 24.5 Å². The van der Waals surface area contributed by atoms with Crippen LogP contribution >= 0.6 is 0 Å². The minimum absolute atomic E-state index is 0.0451. The minimum Gasteiger partial charge on any atom is -0.481 e. The quantitative estimate of drug-likeness (QED) is 0.901. The topological polar surface area (TPSA) is 70.5 Å². The van der Waals surface area contributed by atoms with Crippen LogP contribution < -0.4 is 0 Å². The summed E-state index contributed by atoms with van der Waals surface area (Å²) in [5, 5.41) is 8.66. The maximum atomic E-state index is 12.1. The predicted molar refractivity (Wildman–Crippen MR) is 69.4 cm³/mol. The molecule has 1 atom stereocenters. The molecular formula is C14H18N2O3. The Balaban J connectivity index is 2.08. The number of carbonyl (C=O) groups excluding carboxylic acids is 1. The number of aromatic nitrogens is 1. The van der Waals surface area contributed by atoms with Crippen molar-refractivity contribution in [1.82, 2.24) is 9.88 Å². The molecule has 0 saturated carbocycles. The summed E-state index contributed by atoms with van der Waals surface area (Å²) in [7, 11) is 0. The van der Waals surface area contributed by atoms with Crippen LogP contribution in [-0.4, -0.2) is 33.4 Å². The lowest BCUT2D eigenvalue weighted by Crippen LogP contribution is -2.38. The van der Waals surface area contributed by atoms with Gasteiger partial charge in [0.2, 0.25) is 5.91 Å². The third-order valence-corrected chi connectivity index (χ3v) is 3.45. The SMILES string of the molecule is O=C(O)CCC(=O)N1CCCCC1c1cccnc1. The molecule has 1 N–H and O–H groups in total. The number of rotatable bonds is 4. The van der Waals surface area contributed by atoms with Crippen molar-refractivity contribution in [1.29, 1.82) is 0 Å². The van der Waals surface area contributed by atoms with Gasteiger partial charge in [-0.3, -0.25) is 14.6 Å². The van der Waals surface area contributed by atoms with Gasteiger partial charge in [0.15, 0.2) is 0 Å². The van der Waals surface area contributed by atoms with Crippen LogP contribution in [0.3, 0.4) is 0 Å². The summed E-state index contributed by atoms with van der Waals surface area (Å²) in [5.74, 6) is -1.00. The molecule has 1 aliphatic heterocycles. The van der Waals surface area contributed by atoms with Gasteiger partial charge in [0.05, 0.1) is 12.5 Å². The van der Waals surface area contributed by atoms with Gasteiger partial charge in [-0.2, -0.15) is 0 Å². The van der Waals surface area contributed by atoms with E-state index in [0.717, 1.165) is 24.8 Å². The Kier molecular flexibility index (Phi) is 4.49. The molecule has 5 nitrogen and oxygen atoms in total. The van der Waals surface area contributed by atoms with Gasteiger partial charge in [0.1, 0.15) is 0 Å². The van der Waals surface area contributed by atoms with Crippen LogP contribution in [0.5, 0.6) is 0 Å². The number of carboxylic acids is 1. The van der Waals surface area contributed by atoms with E-state index in [1.165, 1.54) is 0 Å². The molecular weight excluding hydrogens is 244 g/mol. The highest BCUT2D eigenvalue weighted by Gasteiger charge is 2.27. The first kappa shape index (κ1) is 13.5. The minimum atomic E-state index is -0.928. The number of nitrogens with zero attached hydrogens (tertiary/aromatic N) is 2. The molecule has 5 heteroatoms. The third kappa shape index (κ3) is 3.53. The van der Waals surface area contributed by atoms with Gasteiger partial charge in [0, 0.05) is 25.4 Å². The van der Waals surface area contributed by atoms with E-state index in [0.29, 0.717) is 6.54 Å². The number of amides is 1. The number of hydrogen-bond donors (Lipinski definition) is 1. The molecule has 1 saturated heterocycles. The van der Waals surface area contributed by atoms with E-state index in [1.54, 1.807) is 12.4 Å². The van der Waals surface area contributed by atoms with E-state index in [-0.39, 0.29) is 24.8 Å².